The van der Waals surface area contributed by atoms with Crippen LogP contribution in [0.1, 0.15) is 135 Å². The lowest BCUT2D eigenvalue weighted by Gasteiger charge is -2.44. The number of aliphatic hydroxyl groups excluding tert-OH is 1. The third kappa shape index (κ3) is 11.9. The Labute approximate surface area is 211 Å². The molecule has 204 valence electrons. The number of carbonyl (C=O) groups is 1. The topological polar surface area (TPSA) is 76.0 Å². The highest BCUT2D eigenvalue weighted by Gasteiger charge is 2.43. The van der Waals surface area contributed by atoms with Gasteiger partial charge < -0.3 is 19.7 Å². The first-order valence-corrected chi connectivity index (χ1v) is 13.4. The molecule has 0 spiro atoms. The standard InChI is InChI=1S/C29H58O5/c1-14-25(6,7)19-26(8,9)24(31)22(33-29(13,16-3)20-27(10,11)32)17-23(30)34-28(12,15-2)18-21(4)5/h21-22,24,31-32H,14-20H2,1-13H3. The summed E-state index contributed by atoms with van der Waals surface area (Å²) in [5, 5.41) is 22.1. The fraction of sp³-hybridized carbons (Fsp3) is 0.966. The second kappa shape index (κ2) is 12.5. The zero-order chi connectivity index (χ0) is 27.2. The van der Waals surface area contributed by atoms with Crippen molar-refractivity contribution in [3.8, 4) is 0 Å². The Morgan fingerprint density at radius 3 is 1.71 bits per heavy atom. The lowest BCUT2D eigenvalue weighted by molar-refractivity contribution is -0.191. The van der Waals surface area contributed by atoms with Gasteiger partial charge in [0.05, 0.1) is 29.8 Å². The first kappa shape index (κ1) is 33.4. The zero-order valence-corrected chi connectivity index (χ0v) is 24.8. The lowest BCUT2D eigenvalue weighted by atomic mass is 9.69. The molecule has 0 amide bonds. The highest BCUT2D eigenvalue weighted by molar-refractivity contribution is 5.70. The molecule has 0 aromatic rings. The molecule has 4 unspecified atom stereocenters. The number of hydrogen-bond donors (Lipinski definition) is 2. The van der Waals surface area contributed by atoms with Gasteiger partial charge in [0.25, 0.3) is 0 Å². The van der Waals surface area contributed by atoms with Crippen molar-refractivity contribution >= 4 is 5.97 Å². The summed E-state index contributed by atoms with van der Waals surface area (Å²) in [5.74, 6) is 0.0575. The molecule has 0 aliphatic carbocycles. The molecule has 0 bridgehead atoms. The molecule has 34 heavy (non-hydrogen) atoms. The van der Waals surface area contributed by atoms with Crippen LogP contribution in [0.4, 0.5) is 0 Å². The van der Waals surface area contributed by atoms with E-state index in [1.165, 1.54) is 0 Å². The van der Waals surface area contributed by atoms with E-state index >= 15 is 0 Å². The van der Waals surface area contributed by atoms with Crippen LogP contribution >= 0.6 is 0 Å². The average Bonchev–Trinajstić information content (AvgIpc) is 2.63. The smallest absolute Gasteiger partial charge is 0.309 e. The molecule has 0 fully saturated rings. The molecular formula is C29H58O5. The predicted octanol–water partition coefficient (Wildman–Crippen LogP) is 7.06. The molecule has 0 saturated heterocycles. The summed E-state index contributed by atoms with van der Waals surface area (Å²) < 4.78 is 12.5. The number of carbonyl (C=O) groups excluding carboxylic acids is 1. The van der Waals surface area contributed by atoms with E-state index in [1.807, 2.05) is 41.5 Å². The molecule has 0 saturated carbocycles. The average molecular weight is 487 g/mol. The molecule has 0 aromatic heterocycles. The molecule has 0 aromatic carbocycles. The monoisotopic (exact) mass is 486 g/mol. The number of ether oxygens (including phenoxy) is 2. The number of hydrogen-bond acceptors (Lipinski definition) is 5. The van der Waals surface area contributed by atoms with Crippen LogP contribution in [0.5, 0.6) is 0 Å². The third-order valence-electron chi connectivity index (χ3n) is 7.35. The van der Waals surface area contributed by atoms with Gasteiger partial charge in [-0.2, -0.15) is 0 Å². The summed E-state index contributed by atoms with van der Waals surface area (Å²) in [7, 11) is 0. The molecule has 0 aliphatic rings. The second-order valence-corrected chi connectivity index (χ2v) is 13.7. The molecule has 2 N–H and O–H groups in total. The van der Waals surface area contributed by atoms with Crippen LogP contribution in [0.2, 0.25) is 0 Å². The van der Waals surface area contributed by atoms with Crippen molar-refractivity contribution in [1.82, 2.24) is 0 Å². The first-order valence-electron chi connectivity index (χ1n) is 13.4. The van der Waals surface area contributed by atoms with Crippen LogP contribution in [0.15, 0.2) is 0 Å². The van der Waals surface area contributed by atoms with Crippen LogP contribution < -0.4 is 0 Å². The molecule has 0 rings (SSSR count). The van der Waals surface area contributed by atoms with Crippen LogP contribution in [0.3, 0.4) is 0 Å². The van der Waals surface area contributed by atoms with Gasteiger partial charge in [0, 0.05) is 6.42 Å². The number of rotatable bonds is 16. The molecule has 4 atom stereocenters. The fourth-order valence-corrected chi connectivity index (χ4v) is 5.32. The van der Waals surface area contributed by atoms with Gasteiger partial charge in [0.1, 0.15) is 5.60 Å². The minimum atomic E-state index is -0.932. The van der Waals surface area contributed by atoms with Crippen molar-refractivity contribution in [2.45, 2.75) is 164 Å². The highest BCUT2D eigenvalue weighted by Crippen LogP contribution is 2.41. The van der Waals surface area contributed by atoms with E-state index in [9.17, 15) is 15.0 Å². The molecule has 5 nitrogen and oxygen atoms in total. The van der Waals surface area contributed by atoms with Gasteiger partial charge in [-0.1, -0.05) is 68.7 Å². The van der Waals surface area contributed by atoms with E-state index in [2.05, 4.69) is 34.6 Å². The Kier molecular flexibility index (Phi) is 12.3. The summed E-state index contributed by atoms with van der Waals surface area (Å²) in [6.45, 7) is 26.4. The maximum atomic E-state index is 13.2. The first-order chi connectivity index (χ1) is 15.1. The van der Waals surface area contributed by atoms with Crippen molar-refractivity contribution in [3.63, 3.8) is 0 Å². The summed E-state index contributed by atoms with van der Waals surface area (Å²) in [6.07, 6.45) is 2.72. The lowest BCUT2D eigenvalue weighted by Crippen LogP contribution is -2.50. The Hall–Kier alpha value is -0.650. The molecule has 0 radical (unpaired) electrons. The van der Waals surface area contributed by atoms with Gasteiger partial charge in [-0.05, 0) is 70.1 Å². The van der Waals surface area contributed by atoms with Crippen LogP contribution in [-0.4, -0.2) is 45.2 Å². The van der Waals surface area contributed by atoms with Crippen molar-refractivity contribution in [2.75, 3.05) is 0 Å². The maximum absolute atomic E-state index is 13.2. The predicted molar refractivity (Wildman–Crippen MR) is 142 cm³/mol. The van der Waals surface area contributed by atoms with Gasteiger partial charge in [-0.3, -0.25) is 4.79 Å². The summed E-state index contributed by atoms with van der Waals surface area (Å²) in [6, 6.07) is 0. The van der Waals surface area contributed by atoms with Crippen LogP contribution in [0.25, 0.3) is 0 Å². The zero-order valence-electron chi connectivity index (χ0n) is 24.8. The van der Waals surface area contributed by atoms with Gasteiger partial charge in [-0.25, -0.2) is 0 Å². The Balaban J connectivity index is 6.00. The number of esters is 1. The third-order valence-corrected chi connectivity index (χ3v) is 7.35. The van der Waals surface area contributed by atoms with E-state index in [0.29, 0.717) is 18.8 Å². The highest BCUT2D eigenvalue weighted by atomic mass is 16.6. The van der Waals surface area contributed by atoms with Crippen molar-refractivity contribution < 1.29 is 24.5 Å². The van der Waals surface area contributed by atoms with E-state index in [1.54, 1.807) is 13.8 Å². The van der Waals surface area contributed by atoms with Gasteiger partial charge in [0.2, 0.25) is 0 Å². The molecule has 0 heterocycles. The number of aliphatic hydroxyl groups is 2. The molecule has 5 heteroatoms. The fourth-order valence-electron chi connectivity index (χ4n) is 5.32. The quantitative estimate of drug-likeness (QED) is 0.228. The molecular weight excluding hydrogens is 428 g/mol. The van der Waals surface area contributed by atoms with Crippen LogP contribution in [0, 0.1) is 16.7 Å². The Morgan fingerprint density at radius 1 is 0.824 bits per heavy atom. The van der Waals surface area contributed by atoms with E-state index in [-0.39, 0.29) is 17.8 Å². The minimum Gasteiger partial charge on any atom is -0.459 e. The summed E-state index contributed by atoms with van der Waals surface area (Å²) in [5.41, 5.74) is -2.58. The van der Waals surface area contributed by atoms with Crippen LogP contribution in [-0.2, 0) is 14.3 Å². The van der Waals surface area contributed by atoms with E-state index in [0.717, 1.165) is 25.7 Å². The van der Waals surface area contributed by atoms with E-state index in [4.69, 9.17) is 9.47 Å². The largest absolute Gasteiger partial charge is 0.459 e. The van der Waals surface area contributed by atoms with E-state index < -0.39 is 34.4 Å². The van der Waals surface area contributed by atoms with Gasteiger partial charge >= 0.3 is 5.97 Å². The SMILES string of the molecule is CCC(C)(C)CC(C)(C)C(O)C(CC(=O)OC(C)(CC)CC(C)C)OC(C)(CC)CC(C)(C)O. The molecule has 0 aliphatic heterocycles. The minimum absolute atomic E-state index is 0.0215. The van der Waals surface area contributed by atoms with Gasteiger partial charge in [0.15, 0.2) is 0 Å². The normalized spacial score (nSPS) is 18.8. The summed E-state index contributed by atoms with van der Waals surface area (Å²) in [4.78, 5) is 13.2. The second-order valence-electron chi connectivity index (χ2n) is 13.7. The Bertz CT molecular complexity index is 619. The maximum Gasteiger partial charge on any atom is 0.309 e. The van der Waals surface area contributed by atoms with Crippen molar-refractivity contribution in [1.29, 1.82) is 0 Å². The summed E-state index contributed by atoms with van der Waals surface area (Å²) >= 11 is 0. The van der Waals surface area contributed by atoms with Gasteiger partial charge in [-0.15, -0.1) is 0 Å². The van der Waals surface area contributed by atoms with Crippen molar-refractivity contribution in [2.24, 2.45) is 16.7 Å². The van der Waals surface area contributed by atoms with Crippen molar-refractivity contribution in [3.05, 3.63) is 0 Å². The Morgan fingerprint density at radius 2 is 1.32 bits per heavy atom.